The molecule has 1 aliphatic carbocycles. The Labute approximate surface area is 105 Å². The molecule has 100 valence electrons. The van der Waals surface area contributed by atoms with Gasteiger partial charge in [0.1, 0.15) is 0 Å². The molecule has 0 amide bonds. The Morgan fingerprint density at radius 2 is 2.00 bits per heavy atom. The minimum Gasteiger partial charge on any atom is -0.393 e. The number of hydrogen-bond acceptors (Lipinski definition) is 3. The van der Waals surface area contributed by atoms with Crippen LogP contribution < -0.4 is 0 Å². The van der Waals surface area contributed by atoms with Gasteiger partial charge in [-0.3, -0.25) is 4.90 Å². The topological polar surface area (TPSA) is 32.7 Å². The zero-order valence-electron chi connectivity index (χ0n) is 11.4. The number of hydrogen-bond donors (Lipinski definition) is 1. The van der Waals surface area contributed by atoms with Gasteiger partial charge in [0.05, 0.1) is 18.8 Å². The smallest absolute Gasteiger partial charge is 0.0674 e. The van der Waals surface area contributed by atoms with Crippen molar-refractivity contribution in [3.05, 3.63) is 0 Å². The third-order valence-electron chi connectivity index (χ3n) is 4.41. The van der Waals surface area contributed by atoms with Crippen LogP contribution in [0.2, 0.25) is 0 Å². The molecule has 1 heterocycles. The van der Waals surface area contributed by atoms with Gasteiger partial charge in [-0.25, -0.2) is 0 Å². The summed E-state index contributed by atoms with van der Waals surface area (Å²) in [7, 11) is 0. The fraction of sp³-hybridized carbons (Fsp3) is 1.00. The number of rotatable bonds is 2. The molecular formula is C14H27NO2. The van der Waals surface area contributed by atoms with E-state index < -0.39 is 0 Å². The van der Waals surface area contributed by atoms with Crippen molar-refractivity contribution in [1.82, 2.24) is 4.90 Å². The maximum absolute atomic E-state index is 10.1. The Balaban J connectivity index is 1.89. The first kappa shape index (κ1) is 13.3. The molecule has 3 nitrogen and oxygen atoms in total. The van der Waals surface area contributed by atoms with Crippen molar-refractivity contribution in [1.29, 1.82) is 0 Å². The van der Waals surface area contributed by atoms with Crippen LogP contribution in [0, 0.1) is 11.8 Å². The lowest BCUT2D eigenvalue weighted by Crippen LogP contribution is -2.50. The van der Waals surface area contributed by atoms with Gasteiger partial charge in [-0.1, -0.05) is 6.92 Å². The van der Waals surface area contributed by atoms with Gasteiger partial charge < -0.3 is 9.84 Å². The molecule has 2 rings (SSSR count). The highest BCUT2D eigenvalue weighted by Gasteiger charge is 2.31. The van der Waals surface area contributed by atoms with Crippen LogP contribution in [0.5, 0.6) is 0 Å². The van der Waals surface area contributed by atoms with Crippen molar-refractivity contribution in [2.45, 2.75) is 58.3 Å². The van der Waals surface area contributed by atoms with E-state index in [1.54, 1.807) is 0 Å². The molecule has 5 unspecified atom stereocenters. The van der Waals surface area contributed by atoms with Crippen LogP contribution in [-0.4, -0.2) is 48.0 Å². The molecule has 2 fully saturated rings. The van der Waals surface area contributed by atoms with Gasteiger partial charge in [-0.15, -0.1) is 0 Å². The average Bonchev–Trinajstić information content (AvgIpc) is 2.28. The standard InChI is InChI=1S/C14H27NO2/c1-10-4-5-14(16)13(6-10)8-15-7-12(3)17-9-11(15)2/h10-14,16H,4-9H2,1-3H3. The average molecular weight is 241 g/mol. The van der Waals surface area contributed by atoms with E-state index in [9.17, 15) is 5.11 Å². The van der Waals surface area contributed by atoms with Crippen LogP contribution in [0.3, 0.4) is 0 Å². The van der Waals surface area contributed by atoms with E-state index in [1.165, 1.54) is 12.8 Å². The molecule has 0 aromatic heterocycles. The predicted molar refractivity (Wildman–Crippen MR) is 69.0 cm³/mol. The number of aliphatic hydroxyl groups is 1. The Morgan fingerprint density at radius 1 is 1.24 bits per heavy atom. The molecule has 1 N–H and O–H groups in total. The lowest BCUT2D eigenvalue weighted by Gasteiger charge is -2.41. The number of aliphatic hydroxyl groups excluding tert-OH is 1. The summed E-state index contributed by atoms with van der Waals surface area (Å²) < 4.78 is 5.65. The zero-order chi connectivity index (χ0) is 12.4. The Bertz CT molecular complexity index is 222. The highest BCUT2D eigenvalue weighted by Crippen LogP contribution is 2.30. The van der Waals surface area contributed by atoms with E-state index >= 15 is 0 Å². The van der Waals surface area contributed by atoms with E-state index in [2.05, 4.69) is 25.7 Å². The summed E-state index contributed by atoms with van der Waals surface area (Å²) >= 11 is 0. The van der Waals surface area contributed by atoms with E-state index in [1.807, 2.05) is 0 Å². The largest absolute Gasteiger partial charge is 0.393 e. The van der Waals surface area contributed by atoms with E-state index in [0.717, 1.165) is 32.0 Å². The molecule has 5 atom stereocenters. The quantitative estimate of drug-likeness (QED) is 0.801. The second-order valence-electron chi connectivity index (χ2n) is 6.19. The lowest BCUT2D eigenvalue weighted by molar-refractivity contribution is -0.0672. The summed E-state index contributed by atoms with van der Waals surface area (Å²) in [4.78, 5) is 2.50. The molecule has 0 radical (unpaired) electrons. The van der Waals surface area contributed by atoms with Gasteiger partial charge in [-0.05, 0) is 44.9 Å². The monoisotopic (exact) mass is 241 g/mol. The number of morpholine rings is 1. The first-order chi connectivity index (χ1) is 8.06. The maximum atomic E-state index is 10.1. The van der Waals surface area contributed by atoms with Crippen molar-refractivity contribution in [2.75, 3.05) is 19.7 Å². The first-order valence-electron chi connectivity index (χ1n) is 7.10. The molecular weight excluding hydrogens is 214 g/mol. The van der Waals surface area contributed by atoms with Gasteiger partial charge in [0, 0.05) is 19.1 Å². The van der Waals surface area contributed by atoms with Gasteiger partial charge in [0.25, 0.3) is 0 Å². The van der Waals surface area contributed by atoms with Gasteiger partial charge in [0.2, 0.25) is 0 Å². The van der Waals surface area contributed by atoms with Gasteiger partial charge >= 0.3 is 0 Å². The molecule has 1 aliphatic heterocycles. The van der Waals surface area contributed by atoms with Gasteiger partial charge in [-0.2, -0.15) is 0 Å². The van der Waals surface area contributed by atoms with Crippen LogP contribution in [-0.2, 0) is 4.74 Å². The molecule has 0 aromatic rings. The predicted octanol–water partition coefficient (Wildman–Crippen LogP) is 1.89. The van der Waals surface area contributed by atoms with Crippen LogP contribution >= 0.6 is 0 Å². The molecule has 1 saturated carbocycles. The number of nitrogens with zero attached hydrogens (tertiary/aromatic N) is 1. The van der Waals surface area contributed by atoms with E-state index in [0.29, 0.717) is 18.1 Å². The normalized spacial score (nSPS) is 44.8. The second kappa shape index (κ2) is 5.68. The molecule has 1 saturated heterocycles. The van der Waals surface area contributed by atoms with Crippen LogP contribution in [0.25, 0.3) is 0 Å². The van der Waals surface area contributed by atoms with Crippen molar-refractivity contribution < 1.29 is 9.84 Å². The number of ether oxygens (including phenoxy) is 1. The lowest BCUT2D eigenvalue weighted by atomic mass is 9.80. The molecule has 17 heavy (non-hydrogen) atoms. The fourth-order valence-electron chi connectivity index (χ4n) is 3.21. The highest BCUT2D eigenvalue weighted by molar-refractivity contribution is 4.84. The second-order valence-corrected chi connectivity index (χ2v) is 6.19. The molecule has 0 bridgehead atoms. The molecule has 0 spiro atoms. The summed E-state index contributed by atoms with van der Waals surface area (Å²) in [5, 5.41) is 10.1. The van der Waals surface area contributed by atoms with Gasteiger partial charge in [0.15, 0.2) is 0 Å². The SMILES string of the molecule is CC1CCC(O)C(CN2CC(C)OCC2C)C1. The van der Waals surface area contributed by atoms with E-state index in [4.69, 9.17) is 4.74 Å². The summed E-state index contributed by atoms with van der Waals surface area (Å²) in [6.07, 6.45) is 3.60. The van der Waals surface area contributed by atoms with Crippen LogP contribution in [0.1, 0.15) is 40.0 Å². The van der Waals surface area contributed by atoms with Crippen molar-refractivity contribution in [3.8, 4) is 0 Å². The Hall–Kier alpha value is -0.120. The summed E-state index contributed by atoms with van der Waals surface area (Å²) in [6, 6.07) is 0.496. The zero-order valence-corrected chi connectivity index (χ0v) is 11.4. The van der Waals surface area contributed by atoms with Crippen molar-refractivity contribution in [2.24, 2.45) is 11.8 Å². The van der Waals surface area contributed by atoms with Crippen molar-refractivity contribution in [3.63, 3.8) is 0 Å². The summed E-state index contributed by atoms with van der Waals surface area (Å²) in [5.74, 6) is 1.24. The molecule has 3 heteroatoms. The Morgan fingerprint density at radius 3 is 2.76 bits per heavy atom. The van der Waals surface area contributed by atoms with Crippen LogP contribution in [0.15, 0.2) is 0 Å². The molecule has 0 aromatic carbocycles. The highest BCUT2D eigenvalue weighted by atomic mass is 16.5. The Kier molecular flexibility index (Phi) is 4.45. The minimum atomic E-state index is -0.0865. The summed E-state index contributed by atoms with van der Waals surface area (Å²) in [6.45, 7) is 9.56. The molecule has 2 aliphatic rings. The third kappa shape index (κ3) is 3.43. The first-order valence-corrected chi connectivity index (χ1v) is 7.10. The maximum Gasteiger partial charge on any atom is 0.0674 e. The van der Waals surface area contributed by atoms with E-state index in [-0.39, 0.29) is 6.10 Å². The third-order valence-corrected chi connectivity index (χ3v) is 4.41. The van der Waals surface area contributed by atoms with Crippen LogP contribution in [0.4, 0.5) is 0 Å². The summed E-state index contributed by atoms with van der Waals surface area (Å²) in [5.41, 5.74) is 0. The minimum absolute atomic E-state index is 0.0865. The fourth-order valence-corrected chi connectivity index (χ4v) is 3.21. The van der Waals surface area contributed by atoms with Crippen molar-refractivity contribution >= 4 is 0 Å².